The SMILES string of the molecule is CCCOC(=O)n1c(C)cc2cc(OC)cc(F)c21. The Balaban J connectivity index is 2.55. The van der Waals surface area contributed by atoms with E-state index in [0.29, 0.717) is 23.4 Å². The average molecular weight is 265 g/mol. The normalized spacial score (nSPS) is 10.7. The van der Waals surface area contributed by atoms with Crippen molar-refractivity contribution >= 4 is 17.0 Å². The molecule has 5 heteroatoms. The fourth-order valence-electron chi connectivity index (χ4n) is 2.01. The molecule has 0 spiro atoms. The Labute approximate surface area is 110 Å². The number of hydrogen-bond donors (Lipinski definition) is 0. The van der Waals surface area contributed by atoms with Gasteiger partial charge in [-0.25, -0.2) is 13.8 Å². The molecule has 2 aromatic rings. The molecule has 0 aliphatic heterocycles. The first-order valence-corrected chi connectivity index (χ1v) is 6.11. The summed E-state index contributed by atoms with van der Waals surface area (Å²) in [7, 11) is 1.47. The molecule has 4 nitrogen and oxygen atoms in total. The number of halogens is 1. The molecule has 1 heterocycles. The van der Waals surface area contributed by atoms with Crippen LogP contribution in [0.25, 0.3) is 10.9 Å². The first-order chi connectivity index (χ1) is 9.08. The largest absolute Gasteiger partial charge is 0.497 e. The highest BCUT2D eigenvalue weighted by molar-refractivity contribution is 5.92. The van der Waals surface area contributed by atoms with E-state index >= 15 is 0 Å². The molecule has 2 rings (SSSR count). The molecule has 0 N–H and O–H groups in total. The molecule has 0 amide bonds. The van der Waals surface area contributed by atoms with E-state index in [-0.39, 0.29) is 5.52 Å². The predicted octanol–water partition coefficient (Wildman–Crippen LogP) is 3.49. The molecule has 0 aliphatic carbocycles. The zero-order valence-corrected chi connectivity index (χ0v) is 11.2. The number of benzene rings is 1. The van der Waals surface area contributed by atoms with Gasteiger partial charge in [-0.05, 0) is 25.5 Å². The van der Waals surface area contributed by atoms with Crippen LogP contribution in [-0.4, -0.2) is 24.4 Å². The maximum absolute atomic E-state index is 14.1. The van der Waals surface area contributed by atoms with Crippen LogP contribution in [0.1, 0.15) is 19.0 Å². The molecule has 0 fully saturated rings. The van der Waals surface area contributed by atoms with E-state index in [9.17, 15) is 9.18 Å². The average Bonchev–Trinajstić information content (AvgIpc) is 2.72. The van der Waals surface area contributed by atoms with Gasteiger partial charge in [0.05, 0.1) is 19.2 Å². The smallest absolute Gasteiger partial charge is 0.418 e. The second kappa shape index (κ2) is 5.30. The number of rotatable bonds is 3. The van der Waals surface area contributed by atoms with Crippen molar-refractivity contribution in [3.63, 3.8) is 0 Å². The third kappa shape index (κ3) is 2.41. The summed E-state index contributed by atoms with van der Waals surface area (Å²) in [6.45, 7) is 3.95. The summed E-state index contributed by atoms with van der Waals surface area (Å²) in [5, 5.41) is 0.614. The van der Waals surface area contributed by atoms with Crippen LogP contribution in [0, 0.1) is 12.7 Å². The summed E-state index contributed by atoms with van der Waals surface area (Å²) in [5.41, 5.74) is 0.850. The van der Waals surface area contributed by atoms with E-state index in [1.54, 1.807) is 19.1 Å². The monoisotopic (exact) mass is 265 g/mol. The van der Waals surface area contributed by atoms with Crippen LogP contribution >= 0.6 is 0 Å². The molecule has 0 radical (unpaired) electrons. The van der Waals surface area contributed by atoms with E-state index in [0.717, 1.165) is 6.42 Å². The molecule has 102 valence electrons. The van der Waals surface area contributed by atoms with Gasteiger partial charge in [-0.15, -0.1) is 0 Å². The number of aryl methyl sites for hydroxylation is 1. The Morgan fingerprint density at radius 1 is 1.37 bits per heavy atom. The molecule has 19 heavy (non-hydrogen) atoms. The number of methoxy groups -OCH3 is 1. The number of aromatic nitrogens is 1. The summed E-state index contributed by atoms with van der Waals surface area (Å²) in [4.78, 5) is 11.9. The fraction of sp³-hybridized carbons (Fsp3) is 0.357. The Kier molecular flexibility index (Phi) is 3.74. The summed E-state index contributed by atoms with van der Waals surface area (Å²) in [5.74, 6) is -0.0834. The summed E-state index contributed by atoms with van der Waals surface area (Å²) >= 11 is 0. The highest BCUT2D eigenvalue weighted by atomic mass is 19.1. The van der Waals surface area contributed by atoms with Crippen LogP contribution in [0.15, 0.2) is 18.2 Å². The van der Waals surface area contributed by atoms with Gasteiger partial charge in [-0.2, -0.15) is 0 Å². The van der Waals surface area contributed by atoms with Crippen molar-refractivity contribution in [2.24, 2.45) is 0 Å². The minimum absolute atomic E-state index is 0.222. The molecule has 0 atom stereocenters. The Morgan fingerprint density at radius 3 is 2.74 bits per heavy atom. The van der Waals surface area contributed by atoms with Crippen molar-refractivity contribution in [1.29, 1.82) is 0 Å². The van der Waals surface area contributed by atoms with Crippen LogP contribution in [0.4, 0.5) is 9.18 Å². The summed E-state index contributed by atoms with van der Waals surface area (Å²) in [6, 6.07) is 4.68. The van der Waals surface area contributed by atoms with Crippen LogP contribution in [0.3, 0.4) is 0 Å². The Bertz CT molecular complexity index is 619. The van der Waals surface area contributed by atoms with Gasteiger partial charge in [-0.1, -0.05) is 6.92 Å². The number of carbonyl (C=O) groups is 1. The Morgan fingerprint density at radius 2 is 2.11 bits per heavy atom. The van der Waals surface area contributed by atoms with Crippen LogP contribution in [-0.2, 0) is 4.74 Å². The van der Waals surface area contributed by atoms with Gasteiger partial charge in [0, 0.05) is 17.1 Å². The van der Waals surface area contributed by atoms with Gasteiger partial charge in [0.15, 0.2) is 5.82 Å². The molecule has 0 bridgehead atoms. The number of nitrogens with zero attached hydrogens (tertiary/aromatic N) is 1. The molecule has 0 saturated heterocycles. The van der Waals surface area contributed by atoms with E-state index < -0.39 is 11.9 Å². The maximum Gasteiger partial charge on any atom is 0.418 e. The fourth-order valence-corrected chi connectivity index (χ4v) is 2.01. The van der Waals surface area contributed by atoms with Crippen molar-refractivity contribution in [2.75, 3.05) is 13.7 Å². The maximum atomic E-state index is 14.1. The lowest BCUT2D eigenvalue weighted by Gasteiger charge is -2.08. The topological polar surface area (TPSA) is 40.5 Å². The predicted molar refractivity (Wildman–Crippen MR) is 70.2 cm³/mol. The lowest BCUT2D eigenvalue weighted by atomic mass is 10.2. The number of carbonyl (C=O) groups excluding carboxylic acids is 1. The second-order valence-electron chi connectivity index (χ2n) is 4.28. The van der Waals surface area contributed by atoms with Gasteiger partial charge < -0.3 is 9.47 Å². The van der Waals surface area contributed by atoms with Crippen LogP contribution in [0.5, 0.6) is 5.75 Å². The lowest BCUT2D eigenvalue weighted by molar-refractivity contribution is 0.148. The summed E-state index contributed by atoms with van der Waals surface area (Å²) < 4.78 is 25.4. The van der Waals surface area contributed by atoms with Crippen molar-refractivity contribution in [2.45, 2.75) is 20.3 Å². The first-order valence-electron chi connectivity index (χ1n) is 6.11. The van der Waals surface area contributed by atoms with Crippen LogP contribution in [0.2, 0.25) is 0 Å². The minimum atomic E-state index is -0.557. The molecular formula is C14H16FNO3. The molecule has 0 unspecified atom stereocenters. The minimum Gasteiger partial charge on any atom is -0.497 e. The van der Waals surface area contributed by atoms with Crippen LogP contribution < -0.4 is 4.74 Å². The molecule has 1 aromatic heterocycles. The third-order valence-electron chi connectivity index (χ3n) is 2.86. The van der Waals surface area contributed by atoms with E-state index in [2.05, 4.69) is 0 Å². The van der Waals surface area contributed by atoms with Crippen molar-refractivity contribution in [3.8, 4) is 5.75 Å². The van der Waals surface area contributed by atoms with Gasteiger partial charge in [0.25, 0.3) is 0 Å². The number of hydrogen-bond acceptors (Lipinski definition) is 3. The van der Waals surface area contributed by atoms with Crippen molar-refractivity contribution < 1.29 is 18.7 Å². The quantitative estimate of drug-likeness (QED) is 0.852. The van der Waals surface area contributed by atoms with E-state index in [1.807, 2.05) is 6.92 Å². The highest BCUT2D eigenvalue weighted by Gasteiger charge is 2.18. The number of fused-ring (bicyclic) bond motifs is 1. The Hall–Kier alpha value is -2.04. The van der Waals surface area contributed by atoms with Gasteiger partial charge in [-0.3, -0.25) is 0 Å². The molecule has 1 aromatic carbocycles. The standard InChI is InChI=1S/C14H16FNO3/c1-4-5-19-14(17)16-9(2)6-10-7-11(18-3)8-12(15)13(10)16/h6-8H,4-5H2,1-3H3. The number of ether oxygens (including phenoxy) is 2. The van der Waals surface area contributed by atoms with Gasteiger partial charge in [0.2, 0.25) is 0 Å². The van der Waals surface area contributed by atoms with E-state index in [4.69, 9.17) is 9.47 Å². The highest BCUT2D eigenvalue weighted by Crippen LogP contribution is 2.27. The molecule has 0 saturated carbocycles. The first kappa shape index (κ1) is 13.4. The molecule has 0 aliphatic rings. The van der Waals surface area contributed by atoms with Crippen molar-refractivity contribution in [3.05, 3.63) is 29.7 Å². The second-order valence-corrected chi connectivity index (χ2v) is 4.28. The van der Waals surface area contributed by atoms with Crippen molar-refractivity contribution in [1.82, 2.24) is 4.57 Å². The van der Waals surface area contributed by atoms with E-state index in [1.165, 1.54) is 17.7 Å². The summed E-state index contributed by atoms with van der Waals surface area (Å²) in [6.07, 6.45) is 0.165. The van der Waals surface area contributed by atoms with Gasteiger partial charge in [0.1, 0.15) is 5.75 Å². The van der Waals surface area contributed by atoms with Gasteiger partial charge >= 0.3 is 6.09 Å². The molecular weight excluding hydrogens is 249 g/mol. The zero-order valence-electron chi connectivity index (χ0n) is 11.2. The lowest BCUT2D eigenvalue weighted by Crippen LogP contribution is -2.15. The third-order valence-corrected chi connectivity index (χ3v) is 2.86. The zero-order chi connectivity index (χ0) is 14.0.